The van der Waals surface area contributed by atoms with Crippen LogP contribution in [-0.2, 0) is 4.74 Å². The van der Waals surface area contributed by atoms with E-state index in [0.717, 1.165) is 37.0 Å². The molecule has 1 aromatic carbocycles. The van der Waals surface area contributed by atoms with Crippen molar-refractivity contribution >= 4 is 11.6 Å². The smallest absolute Gasteiger partial charge is 0.179 e. The molecule has 5 rings (SSSR count). The number of halogens is 1. The van der Waals surface area contributed by atoms with E-state index >= 15 is 0 Å². The first-order valence-corrected chi connectivity index (χ1v) is 10.2. The number of hydrogen-bond acceptors (Lipinski definition) is 4. The third-order valence-electron chi connectivity index (χ3n) is 7.59. The third kappa shape index (κ3) is 2.22. The van der Waals surface area contributed by atoms with Crippen LogP contribution in [0.15, 0.2) is 12.1 Å². The van der Waals surface area contributed by atoms with Gasteiger partial charge in [-0.3, -0.25) is 0 Å². The summed E-state index contributed by atoms with van der Waals surface area (Å²) in [5.74, 6) is 2.26. The highest BCUT2D eigenvalue weighted by Crippen LogP contribution is 2.70. The van der Waals surface area contributed by atoms with E-state index in [1.807, 2.05) is 12.1 Å². The molecule has 2 heterocycles. The van der Waals surface area contributed by atoms with Gasteiger partial charge >= 0.3 is 0 Å². The average molecular weight is 379 g/mol. The molecule has 1 saturated heterocycles. The molecule has 0 radical (unpaired) electrons. The molecule has 0 aromatic heterocycles. The number of aliphatic hydroxyl groups excluding tert-OH is 1. The molecule has 5 atom stereocenters. The van der Waals surface area contributed by atoms with Crippen molar-refractivity contribution < 1.29 is 19.3 Å². The zero-order chi connectivity index (χ0) is 18.1. The number of hydrogen-bond donors (Lipinski definition) is 1. The first-order valence-electron chi connectivity index (χ1n) is 9.82. The molecule has 4 aliphatic rings. The van der Waals surface area contributed by atoms with Gasteiger partial charge in [-0.15, -0.1) is 0 Å². The maximum Gasteiger partial charge on any atom is 0.179 e. The molecule has 5 heteroatoms. The SMILES string of the molecule is CC1(C)[C@@H]2C[C@@H]3[C@@H](c4cc(Cl)c5c(c4)OCCCO5)OCC[C@@]3(C2)[C@@H]1O. The molecule has 1 aromatic rings. The third-order valence-corrected chi connectivity index (χ3v) is 7.87. The van der Waals surface area contributed by atoms with E-state index in [2.05, 4.69) is 13.8 Å². The maximum absolute atomic E-state index is 11.2. The Morgan fingerprint density at radius 3 is 2.77 bits per heavy atom. The van der Waals surface area contributed by atoms with E-state index in [-0.39, 0.29) is 23.0 Å². The molecule has 2 bridgehead atoms. The molecular weight excluding hydrogens is 352 g/mol. The molecule has 2 saturated carbocycles. The molecule has 2 aliphatic heterocycles. The number of rotatable bonds is 1. The normalized spacial score (nSPS) is 40.2. The lowest BCUT2D eigenvalue weighted by atomic mass is 9.60. The van der Waals surface area contributed by atoms with E-state index in [1.54, 1.807) is 0 Å². The molecule has 1 spiro atoms. The molecule has 4 nitrogen and oxygen atoms in total. The molecule has 0 unspecified atom stereocenters. The topological polar surface area (TPSA) is 47.9 Å². The predicted octanol–water partition coefficient (Wildman–Crippen LogP) is 4.38. The van der Waals surface area contributed by atoms with E-state index in [0.29, 0.717) is 42.4 Å². The van der Waals surface area contributed by atoms with Crippen molar-refractivity contribution in [3.8, 4) is 11.5 Å². The molecule has 142 valence electrons. The summed E-state index contributed by atoms with van der Waals surface area (Å²) < 4.78 is 17.9. The predicted molar refractivity (Wildman–Crippen MR) is 98.8 cm³/mol. The van der Waals surface area contributed by atoms with Crippen molar-refractivity contribution in [2.24, 2.45) is 22.7 Å². The minimum atomic E-state index is -0.263. The summed E-state index contributed by atoms with van der Waals surface area (Å²) in [6, 6.07) is 4.02. The number of aliphatic hydroxyl groups is 1. The van der Waals surface area contributed by atoms with Gasteiger partial charge in [0.1, 0.15) is 0 Å². The lowest BCUT2D eigenvalue weighted by Gasteiger charge is -2.51. The lowest BCUT2D eigenvalue weighted by Crippen LogP contribution is -2.51. The van der Waals surface area contributed by atoms with Crippen LogP contribution in [0.3, 0.4) is 0 Å². The summed E-state index contributed by atoms with van der Waals surface area (Å²) in [5.41, 5.74) is 1.04. The second kappa shape index (κ2) is 5.76. The standard InChI is InChI=1S/C21H27ClO4/c1-20(2)13-10-14-17(26-7-4-21(14,11-13)19(20)23)12-8-15(22)18-16(9-12)24-5-3-6-25-18/h8-9,13-14,17,19,23H,3-7,10-11H2,1-2H3/t13-,14-,17-,19-,21+/m1/s1. The van der Waals surface area contributed by atoms with Crippen LogP contribution in [0.2, 0.25) is 5.02 Å². The van der Waals surface area contributed by atoms with Crippen LogP contribution in [0.5, 0.6) is 11.5 Å². The van der Waals surface area contributed by atoms with Gasteiger partial charge in [-0.2, -0.15) is 0 Å². The van der Waals surface area contributed by atoms with E-state index in [4.69, 9.17) is 25.8 Å². The van der Waals surface area contributed by atoms with Crippen LogP contribution in [0.25, 0.3) is 0 Å². The van der Waals surface area contributed by atoms with Crippen molar-refractivity contribution in [3.63, 3.8) is 0 Å². The molecule has 26 heavy (non-hydrogen) atoms. The Hall–Kier alpha value is -0.970. The maximum atomic E-state index is 11.2. The second-order valence-electron chi connectivity index (χ2n) is 9.12. The number of fused-ring (bicyclic) bond motifs is 2. The molecular formula is C21H27ClO4. The van der Waals surface area contributed by atoms with Gasteiger partial charge in [0.2, 0.25) is 0 Å². The summed E-state index contributed by atoms with van der Waals surface area (Å²) in [6.45, 7) is 6.40. The quantitative estimate of drug-likeness (QED) is 0.788. The average Bonchev–Trinajstić information content (AvgIpc) is 2.96. The minimum absolute atomic E-state index is 0.000750. The van der Waals surface area contributed by atoms with Gasteiger partial charge in [0.25, 0.3) is 0 Å². The van der Waals surface area contributed by atoms with E-state index in [9.17, 15) is 5.11 Å². The molecule has 0 amide bonds. The van der Waals surface area contributed by atoms with Gasteiger partial charge in [0.05, 0.1) is 30.4 Å². The van der Waals surface area contributed by atoms with Crippen molar-refractivity contribution in [1.82, 2.24) is 0 Å². The van der Waals surface area contributed by atoms with E-state index < -0.39 is 0 Å². The monoisotopic (exact) mass is 378 g/mol. The fourth-order valence-electron chi connectivity index (χ4n) is 6.16. The first-order chi connectivity index (χ1) is 12.4. The Morgan fingerprint density at radius 2 is 1.96 bits per heavy atom. The largest absolute Gasteiger partial charge is 0.489 e. The molecule has 2 aliphatic carbocycles. The Morgan fingerprint density at radius 1 is 1.15 bits per heavy atom. The van der Waals surface area contributed by atoms with Gasteiger partial charge in [-0.05, 0) is 54.2 Å². The van der Waals surface area contributed by atoms with Crippen LogP contribution >= 0.6 is 11.6 Å². The lowest BCUT2D eigenvalue weighted by molar-refractivity contribution is -0.164. The summed E-state index contributed by atoms with van der Waals surface area (Å²) in [7, 11) is 0. The summed E-state index contributed by atoms with van der Waals surface area (Å²) in [4.78, 5) is 0. The first kappa shape index (κ1) is 17.2. The van der Waals surface area contributed by atoms with Crippen LogP contribution in [0, 0.1) is 22.7 Å². The summed E-state index contributed by atoms with van der Waals surface area (Å²) in [6.07, 6.45) is 3.74. The Kier molecular flexibility index (Phi) is 3.80. The second-order valence-corrected chi connectivity index (χ2v) is 9.53. The van der Waals surface area contributed by atoms with Crippen LogP contribution in [0.1, 0.15) is 51.2 Å². The van der Waals surface area contributed by atoms with Crippen LogP contribution in [0.4, 0.5) is 0 Å². The fraction of sp³-hybridized carbons (Fsp3) is 0.714. The van der Waals surface area contributed by atoms with Gasteiger partial charge in [-0.25, -0.2) is 0 Å². The van der Waals surface area contributed by atoms with E-state index in [1.165, 1.54) is 0 Å². The number of benzene rings is 1. The molecule has 1 N–H and O–H groups in total. The van der Waals surface area contributed by atoms with Crippen molar-refractivity contribution in [3.05, 3.63) is 22.7 Å². The van der Waals surface area contributed by atoms with Crippen LogP contribution < -0.4 is 9.47 Å². The Balaban J connectivity index is 1.52. The van der Waals surface area contributed by atoms with Crippen molar-refractivity contribution in [2.45, 2.75) is 51.7 Å². The summed E-state index contributed by atoms with van der Waals surface area (Å²) in [5, 5.41) is 11.7. The highest BCUT2D eigenvalue weighted by Gasteiger charge is 2.68. The minimum Gasteiger partial charge on any atom is -0.489 e. The van der Waals surface area contributed by atoms with Gasteiger partial charge < -0.3 is 19.3 Å². The number of ether oxygens (including phenoxy) is 3. The van der Waals surface area contributed by atoms with Crippen molar-refractivity contribution in [1.29, 1.82) is 0 Å². The van der Waals surface area contributed by atoms with Crippen LogP contribution in [-0.4, -0.2) is 31.0 Å². The zero-order valence-electron chi connectivity index (χ0n) is 15.5. The highest BCUT2D eigenvalue weighted by molar-refractivity contribution is 6.32. The fourth-order valence-corrected chi connectivity index (χ4v) is 6.44. The van der Waals surface area contributed by atoms with Gasteiger partial charge in [0.15, 0.2) is 11.5 Å². The van der Waals surface area contributed by atoms with Gasteiger partial charge in [0, 0.05) is 18.4 Å². The zero-order valence-corrected chi connectivity index (χ0v) is 16.2. The van der Waals surface area contributed by atoms with Gasteiger partial charge in [-0.1, -0.05) is 25.4 Å². The molecule has 3 fully saturated rings. The Labute approximate surface area is 159 Å². The highest BCUT2D eigenvalue weighted by atomic mass is 35.5. The van der Waals surface area contributed by atoms with Crippen molar-refractivity contribution in [2.75, 3.05) is 19.8 Å². The Bertz CT molecular complexity index is 733. The summed E-state index contributed by atoms with van der Waals surface area (Å²) >= 11 is 6.52.